The van der Waals surface area contributed by atoms with Crippen LogP contribution in [0.5, 0.6) is 0 Å². The van der Waals surface area contributed by atoms with Gasteiger partial charge in [0.1, 0.15) is 11.3 Å². The van der Waals surface area contributed by atoms with E-state index < -0.39 is 0 Å². The van der Waals surface area contributed by atoms with Crippen LogP contribution in [0, 0.1) is 6.92 Å². The van der Waals surface area contributed by atoms with Crippen molar-refractivity contribution in [3.63, 3.8) is 0 Å². The minimum Gasteiger partial charge on any atom is -0.244 e. The number of aromatic nitrogens is 3. The van der Waals surface area contributed by atoms with E-state index in [1.165, 1.54) is 0 Å². The van der Waals surface area contributed by atoms with Gasteiger partial charge in [0.25, 0.3) is 0 Å². The van der Waals surface area contributed by atoms with Crippen LogP contribution < -0.4 is 0 Å². The van der Waals surface area contributed by atoms with E-state index >= 15 is 0 Å². The fourth-order valence-corrected chi connectivity index (χ4v) is 1.66. The highest BCUT2D eigenvalue weighted by molar-refractivity contribution is 7.13. The molecule has 0 fully saturated rings. The number of hydrogen-bond donors (Lipinski definition) is 0. The topological polar surface area (TPSA) is 38.7 Å². The molecule has 2 heterocycles. The first-order valence-corrected chi connectivity index (χ1v) is 4.42. The molecule has 0 aliphatic carbocycles. The van der Waals surface area contributed by atoms with E-state index in [2.05, 4.69) is 15.0 Å². The molecular formula is C8H7N3S. The molecule has 2 aromatic rings. The van der Waals surface area contributed by atoms with Gasteiger partial charge in [0.15, 0.2) is 0 Å². The van der Waals surface area contributed by atoms with Crippen LogP contribution in [-0.4, -0.2) is 15.0 Å². The lowest BCUT2D eigenvalue weighted by atomic mass is 10.2. The van der Waals surface area contributed by atoms with Crippen LogP contribution in [0.2, 0.25) is 0 Å². The first kappa shape index (κ1) is 7.36. The molecule has 2 rings (SSSR count). The average Bonchev–Trinajstić information content (AvgIpc) is 2.57. The Kier molecular flexibility index (Phi) is 1.83. The average molecular weight is 177 g/mol. The van der Waals surface area contributed by atoms with Gasteiger partial charge in [-0.15, -0.1) is 11.3 Å². The van der Waals surface area contributed by atoms with Gasteiger partial charge in [-0.3, -0.25) is 0 Å². The van der Waals surface area contributed by atoms with E-state index in [1.807, 2.05) is 12.3 Å². The molecule has 0 amide bonds. The van der Waals surface area contributed by atoms with E-state index in [9.17, 15) is 0 Å². The Morgan fingerprint density at radius 1 is 1.33 bits per heavy atom. The Labute approximate surface area is 74.2 Å². The van der Waals surface area contributed by atoms with Crippen molar-refractivity contribution in [1.82, 2.24) is 15.0 Å². The van der Waals surface area contributed by atoms with E-state index in [1.54, 1.807) is 30.1 Å². The molecule has 0 bridgehead atoms. The number of hydrogen-bond acceptors (Lipinski definition) is 4. The third kappa shape index (κ3) is 1.21. The molecular weight excluding hydrogens is 170 g/mol. The lowest BCUT2D eigenvalue weighted by Gasteiger charge is -1.97. The van der Waals surface area contributed by atoms with E-state index in [0.29, 0.717) is 0 Å². The van der Waals surface area contributed by atoms with Gasteiger partial charge in [-0.1, -0.05) is 0 Å². The Balaban J connectivity index is 2.55. The quantitative estimate of drug-likeness (QED) is 0.667. The fraction of sp³-hybridized carbons (Fsp3) is 0.125. The molecule has 0 radical (unpaired) electrons. The van der Waals surface area contributed by atoms with Crippen molar-refractivity contribution in [2.45, 2.75) is 6.92 Å². The summed E-state index contributed by atoms with van der Waals surface area (Å²) in [5, 5.41) is 2.93. The highest BCUT2D eigenvalue weighted by Gasteiger charge is 2.03. The van der Waals surface area contributed by atoms with Crippen LogP contribution in [0.1, 0.15) is 5.69 Å². The normalized spacial score (nSPS) is 10.1. The summed E-state index contributed by atoms with van der Waals surface area (Å²) in [6.07, 6.45) is 5.13. The second kappa shape index (κ2) is 2.98. The molecule has 0 aromatic carbocycles. The largest absolute Gasteiger partial charge is 0.244 e. The van der Waals surface area contributed by atoms with Crippen LogP contribution in [0.4, 0.5) is 0 Å². The van der Waals surface area contributed by atoms with Gasteiger partial charge in [-0.2, -0.15) is 0 Å². The number of nitrogens with zero attached hydrogens (tertiary/aromatic N) is 3. The van der Waals surface area contributed by atoms with Crippen molar-refractivity contribution >= 4 is 11.3 Å². The van der Waals surface area contributed by atoms with Crippen molar-refractivity contribution in [2.24, 2.45) is 0 Å². The lowest BCUT2D eigenvalue weighted by Crippen LogP contribution is -1.87. The molecule has 4 heteroatoms. The number of aryl methyl sites for hydroxylation is 1. The summed E-state index contributed by atoms with van der Waals surface area (Å²) in [4.78, 5) is 12.2. The predicted molar refractivity (Wildman–Crippen MR) is 47.9 cm³/mol. The van der Waals surface area contributed by atoms with E-state index in [-0.39, 0.29) is 0 Å². The summed E-state index contributed by atoms with van der Waals surface area (Å²) in [6, 6.07) is 0. The Hall–Kier alpha value is -1.29. The molecule has 0 aliphatic heterocycles. The molecule has 0 saturated carbocycles. The molecule has 0 unspecified atom stereocenters. The third-order valence-electron chi connectivity index (χ3n) is 1.57. The van der Waals surface area contributed by atoms with Crippen LogP contribution in [-0.2, 0) is 0 Å². The first-order valence-electron chi connectivity index (χ1n) is 3.54. The molecule has 12 heavy (non-hydrogen) atoms. The van der Waals surface area contributed by atoms with Crippen LogP contribution in [0.15, 0.2) is 24.1 Å². The second-order valence-corrected chi connectivity index (χ2v) is 3.25. The fourth-order valence-electron chi connectivity index (χ4n) is 0.957. The summed E-state index contributed by atoms with van der Waals surface area (Å²) in [6.45, 7) is 1.96. The van der Waals surface area contributed by atoms with E-state index in [4.69, 9.17) is 0 Å². The Bertz CT molecular complexity index is 370. The minimum absolute atomic E-state index is 0.972. The maximum atomic E-state index is 4.19. The number of thiazole rings is 1. The van der Waals surface area contributed by atoms with Gasteiger partial charge in [0.2, 0.25) is 0 Å². The molecule has 0 aliphatic rings. The number of rotatable bonds is 1. The molecule has 2 aromatic heterocycles. The van der Waals surface area contributed by atoms with Crippen molar-refractivity contribution in [2.75, 3.05) is 0 Å². The zero-order valence-electron chi connectivity index (χ0n) is 6.56. The van der Waals surface area contributed by atoms with Crippen molar-refractivity contribution in [3.8, 4) is 10.6 Å². The standard InChI is InChI=1S/C8H7N3S/c1-6-7(4-9-5-11-6)8-10-2-3-12-8/h2-5H,1H3. The zero-order chi connectivity index (χ0) is 8.39. The van der Waals surface area contributed by atoms with Crippen molar-refractivity contribution in [1.29, 1.82) is 0 Å². The predicted octanol–water partition coefficient (Wildman–Crippen LogP) is 1.91. The smallest absolute Gasteiger partial charge is 0.126 e. The molecule has 0 N–H and O–H groups in total. The maximum Gasteiger partial charge on any atom is 0.126 e. The highest BCUT2D eigenvalue weighted by Crippen LogP contribution is 2.22. The molecule has 0 atom stereocenters. The lowest BCUT2D eigenvalue weighted by molar-refractivity contribution is 1.10. The summed E-state index contributed by atoms with van der Waals surface area (Å²) in [7, 11) is 0. The second-order valence-electron chi connectivity index (χ2n) is 2.36. The maximum absolute atomic E-state index is 4.19. The summed E-state index contributed by atoms with van der Waals surface area (Å²) in [5.74, 6) is 0. The van der Waals surface area contributed by atoms with Crippen molar-refractivity contribution < 1.29 is 0 Å². The van der Waals surface area contributed by atoms with Gasteiger partial charge >= 0.3 is 0 Å². The van der Waals surface area contributed by atoms with Crippen LogP contribution in [0.25, 0.3) is 10.6 Å². The van der Waals surface area contributed by atoms with Gasteiger partial charge < -0.3 is 0 Å². The van der Waals surface area contributed by atoms with Gasteiger partial charge in [0.05, 0.1) is 11.3 Å². The zero-order valence-corrected chi connectivity index (χ0v) is 7.38. The summed E-state index contributed by atoms with van der Waals surface area (Å²) < 4.78 is 0. The van der Waals surface area contributed by atoms with Crippen LogP contribution in [0.3, 0.4) is 0 Å². The van der Waals surface area contributed by atoms with Crippen LogP contribution >= 0.6 is 11.3 Å². The Morgan fingerprint density at radius 3 is 2.92 bits per heavy atom. The summed E-state index contributed by atoms with van der Waals surface area (Å²) in [5.41, 5.74) is 1.99. The van der Waals surface area contributed by atoms with Gasteiger partial charge in [-0.05, 0) is 6.92 Å². The van der Waals surface area contributed by atoms with Gasteiger partial charge in [0, 0.05) is 17.8 Å². The SMILES string of the molecule is Cc1ncncc1-c1nccs1. The molecule has 0 saturated heterocycles. The van der Waals surface area contributed by atoms with Crippen molar-refractivity contribution in [3.05, 3.63) is 29.8 Å². The highest BCUT2D eigenvalue weighted by atomic mass is 32.1. The molecule has 60 valence electrons. The summed E-state index contributed by atoms with van der Waals surface area (Å²) >= 11 is 1.60. The third-order valence-corrected chi connectivity index (χ3v) is 2.38. The Morgan fingerprint density at radius 2 is 2.25 bits per heavy atom. The van der Waals surface area contributed by atoms with Gasteiger partial charge in [-0.25, -0.2) is 15.0 Å². The molecule has 0 spiro atoms. The molecule has 3 nitrogen and oxygen atoms in total. The monoisotopic (exact) mass is 177 g/mol. The van der Waals surface area contributed by atoms with E-state index in [0.717, 1.165) is 16.3 Å². The minimum atomic E-state index is 0.972. The first-order chi connectivity index (χ1) is 5.88.